The van der Waals surface area contributed by atoms with Crippen molar-refractivity contribution in [3.63, 3.8) is 0 Å². The van der Waals surface area contributed by atoms with Gasteiger partial charge in [-0.2, -0.15) is 5.10 Å². The molecular weight excluding hydrogens is 228 g/mol. The molecular formula is C11H13ClN2O2. The van der Waals surface area contributed by atoms with Gasteiger partial charge >= 0.3 is 6.09 Å². The molecule has 0 saturated carbocycles. The second kappa shape index (κ2) is 6.12. The predicted molar refractivity (Wildman–Crippen MR) is 63.8 cm³/mol. The Morgan fingerprint density at radius 2 is 2.31 bits per heavy atom. The summed E-state index contributed by atoms with van der Waals surface area (Å²) < 4.78 is 4.42. The topological polar surface area (TPSA) is 50.7 Å². The molecule has 0 radical (unpaired) electrons. The minimum Gasteiger partial charge on any atom is -0.452 e. The Morgan fingerprint density at radius 3 is 2.88 bits per heavy atom. The molecule has 1 aromatic rings. The molecule has 0 aliphatic carbocycles. The van der Waals surface area contributed by atoms with Crippen LogP contribution in [0.2, 0.25) is 5.02 Å². The first kappa shape index (κ1) is 12.5. The summed E-state index contributed by atoms with van der Waals surface area (Å²) in [6, 6.07) is 7.29. The number of benzene rings is 1. The summed E-state index contributed by atoms with van der Waals surface area (Å²) >= 11 is 5.87. The fourth-order valence-electron chi connectivity index (χ4n) is 1.17. The number of halogens is 1. The van der Waals surface area contributed by atoms with Crippen LogP contribution in [0.3, 0.4) is 0 Å². The molecule has 86 valence electrons. The number of amides is 1. The zero-order chi connectivity index (χ0) is 12.0. The summed E-state index contributed by atoms with van der Waals surface area (Å²) in [5.74, 6) is 0. The van der Waals surface area contributed by atoms with Gasteiger partial charge < -0.3 is 4.74 Å². The van der Waals surface area contributed by atoms with Gasteiger partial charge in [0.1, 0.15) is 0 Å². The van der Waals surface area contributed by atoms with Gasteiger partial charge in [-0.1, -0.05) is 30.7 Å². The molecule has 0 aromatic heterocycles. The molecule has 0 bridgehead atoms. The number of hydrazone groups is 1. The van der Waals surface area contributed by atoms with E-state index in [2.05, 4.69) is 15.3 Å². The first-order chi connectivity index (χ1) is 7.67. The maximum Gasteiger partial charge on any atom is 0.427 e. The van der Waals surface area contributed by atoms with Gasteiger partial charge in [0.2, 0.25) is 0 Å². The highest BCUT2D eigenvalue weighted by Crippen LogP contribution is 2.12. The minimum atomic E-state index is -0.590. The second-order valence-corrected chi connectivity index (χ2v) is 3.46. The van der Waals surface area contributed by atoms with E-state index in [0.29, 0.717) is 11.4 Å². The highest BCUT2D eigenvalue weighted by Gasteiger charge is 2.03. The van der Waals surface area contributed by atoms with Crippen LogP contribution in [0.15, 0.2) is 29.4 Å². The van der Waals surface area contributed by atoms with Gasteiger partial charge in [-0.05, 0) is 24.1 Å². The maximum atomic E-state index is 10.9. The Bertz CT molecular complexity index is 405. The van der Waals surface area contributed by atoms with Gasteiger partial charge in [0.15, 0.2) is 0 Å². The molecule has 1 amide bonds. The van der Waals surface area contributed by atoms with E-state index in [1.807, 2.05) is 19.1 Å². The number of hydrogen-bond donors (Lipinski definition) is 1. The van der Waals surface area contributed by atoms with Crippen molar-refractivity contribution in [2.75, 3.05) is 7.11 Å². The average molecular weight is 241 g/mol. The van der Waals surface area contributed by atoms with Crippen LogP contribution in [-0.4, -0.2) is 18.9 Å². The summed E-state index contributed by atoms with van der Waals surface area (Å²) in [5.41, 5.74) is 3.91. The molecule has 0 fully saturated rings. The first-order valence-electron chi connectivity index (χ1n) is 4.83. The smallest absolute Gasteiger partial charge is 0.427 e. The van der Waals surface area contributed by atoms with E-state index >= 15 is 0 Å². The molecule has 1 aromatic carbocycles. The van der Waals surface area contributed by atoms with Crippen LogP contribution < -0.4 is 5.43 Å². The SMILES string of the molecule is CC/C(=N/NC(=O)OC)c1cccc(Cl)c1. The van der Waals surface area contributed by atoms with Crippen molar-refractivity contribution in [3.8, 4) is 0 Å². The van der Waals surface area contributed by atoms with E-state index in [1.165, 1.54) is 7.11 Å². The molecule has 0 spiro atoms. The third-order valence-electron chi connectivity index (χ3n) is 1.96. The molecule has 5 heteroatoms. The molecule has 0 saturated heterocycles. The molecule has 16 heavy (non-hydrogen) atoms. The number of nitrogens with zero attached hydrogens (tertiary/aromatic N) is 1. The third-order valence-corrected chi connectivity index (χ3v) is 2.20. The third kappa shape index (κ3) is 3.55. The van der Waals surface area contributed by atoms with Crippen LogP contribution in [0.5, 0.6) is 0 Å². The predicted octanol–water partition coefficient (Wildman–Crippen LogP) is 2.81. The van der Waals surface area contributed by atoms with Crippen molar-refractivity contribution in [1.29, 1.82) is 0 Å². The van der Waals surface area contributed by atoms with Gasteiger partial charge in [-0.25, -0.2) is 10.2 Å². The summed E-state index contributed by atoms with van der Waals surface area (Å²) in [6.45, 7) is 1.94. The Kier molecular flexibility index (Phi) is 4.79. The highest BCUT2D eigenvalue weighted by atomic mass is 35.5. The van der Waals surface area contributed by atoms with Crippen molar-refractivity contribution >= 4 is 23.4 Å². The highest BCUT2D eigenvalue weighted by molar-refractivity contribution is 6.31. The number of hydrogen-bond acceptors (Lipinski definition) is 3. The van der Waals surface area contributed by atoms with Gasteiger partial charge in [-0.3, -0.25) is 0 Å². The maximum absolute atomic E-state index is 10.9. The van der Waals surface area contributed by atoms with Crippen molar-refractivity contribution in [2.45, 2.75) is 13.3 Å². The molecule has 0 aliphatic heterocycles. The number of ether oxygens (including phenoxy) is 1. The number of carbonyl (C=O) groups is 1. The molecule has 0 aliphatic rings. The zero-order valence-corrected chi connectivity index (χ0v) is 9.91. The lowest BCUT2D eigenvalue weighted by Crippen LogP contribution is -2.19. The van der Waals surface area contributed by atoms with Crippen molar-refractivity contribution in [3.05, 3.63) is 34.9 Å². The lowest BCUT2D eigenvalue weighted by atomic mass is 10.1. The quantitative estimate of drug-likeness (QED) is 0.652. The van der Waals surface area contributed by atoms with E-state index in [0.717, 1.165) is 11.3 Å². The summed E-state index contributed by atoms with van der Waals surface area (Å²) in [7, 11) is 1.29. The summed E-state index contributed by atoms with van der Waals surface area (Å²) in [5, 5.41) is 4.59. The summed E-state index contributed by atoms with van der Waals surface area (Å²) in [4.78, 5) is 10.9. The molecule has 0 unspecified atom stereocenters. The normalized spacial score (nSPS) is 11.1. The lowest BCUT2D eigenvalue weighted by Gasteiger charge is -2.04. The number of nitrogens with one attached hydrogen (secondary N) is 1. The number of rotatable bonds is 3. The first-order valence-corrected chi connectivity index (χ1v) is 5.21. The Labute approximate surface area is 99.2 Å². The largest absolute Gasteiger partial charge is 0.452 e. The van der Waals surface area contributed by atoms with Crippen molar-refractivity contribution < 1.29 is 9.53 Å². The fourth-order valence-corrected chi connectivity index (χ4v) is 1.36. The Hall–Kier alpha value is -1.55. The van der Waals surface area contributed by atoms with Gasteiger partial charge in [0.05, 0.1) is 12.8 Å². The van der Waals surface area contributed by atoms with Crippen LogP contribution in [0, 0.1) is 0 Å². The molecule has 4 nitrogen and oxygen atoms in total. The molecule has 0 heterocycles. The van der Waals surface area contributed by atoms with Gasteiger partial charge in [0, 0.05) is 5.02 Å². The van der Waals surface area contributed by atoms with Crippen molar-refractivity contribution in [2.24, 2.45) is 5.10 Å². The van der Waals surface area contributed by atoms with Gasteiger partial charge in [-0.15, -0.1) is 0 Å². The zero-order valence-electron chi connectivity index (χ0n) is 9.16. The fraction of sp³-hybridized carbons (Fsp3) is 0.273. The van der Waals surface area contributed by atoms with E-state index in [4.69, 9.17) is 11.6 Å². The molecule has 1 N–H and O–H groups in total. The molecule has 1 rings (SSSR count). The van der Waals surface area contributed by atoms with Crippen LogP contribution in [0.1, 0.15) is 18.9 Å². The van der Waals surface area contributed by atoms with E-state index < -0.39 is 6.09 Å². The van der Waals surface area contributed by atoms with Crippen LogP contribution >= 0.6 is 11.6 Å². The minimum absolute atomic E-state index is 0.590. The van der Waals surface area contributed by atoms with Gasteiger partial charge in [0.25, 0.3) is 0 Å². The standard InChI is InChI=1S/C11H13ClN2O2/c1-3-10(13-14-11(15)16-2)8-5-4-6-9(12)7-8/h4-7H,3H2,1-2H3,(H,14,15)/b13-10-. The Morgan fingerprint density at radius 1 is 1.56 bits per heavy atom. The molecule has 0 atom stereocenters. The van der Waals surface area contributed by atoms with Crippen LogP contribution in [0.4, 0.5) is 4.79 Å². The van der Waals surface area contributed by atoms with Crippen LogP contribution in [-0.2, 0) is 4.74 Å². The monoisotopic (exact) mass is 240 g/mol. The Balaban J connectivity index is 2.85. The van der Waals surface area contributed by atoms with Crippen molar-refractivity contribution in [1.82, 2.24) is 5.43 Å². The number of carbonyl (C=O) groups excluding carboxylic acids is 1. The van der Waals surface area contributed by atoms with E-state index in [-0.39, 0.29) is 0 Å². The second-order valence-electron chi connectivity index (χ2n) is 3.03. The lowest BCUT2D eigenvalue weighted by molar-refractivity contribution is 0.171. The van der Waals surface area contributed by atoms with Crippen LogP contribution in [0.25, 0.3) is 0 Å². The van der Waals surface area contributed by atoms with E-state index in [1.54, 1.807) is 12.1 Å². The average Bonchev–Trinajstić information content (AvgIpc) is 2.29. The van der Waals surface area contributed by atoms with E-state index in [9.17, 15) is 4.79 Å². The summed E-state index contributed by atoms with van der Waals surface area (Å²) in [6.07, 6.45) is 0.0950. The number of methoxy groups -OCH3 is 1.